The predicted octanol–water partition coefficient (Wildman–Crippen LogP) is 1.89. The first-order valence-electron chi connectivity index (χ1n) is 4.83. The zero-order valence-corrected chi connectivity index (χ0v) is 11.7. The molecule has 1 heterocycles. The van der Waals surface area contributed by atoms with Crippen molar-refractivity contribution < 1.29 is 9.00 Å². The van der Waals surface area contributed by atoms with Gasteiger partial charge in [0.15, 0.2) is 0 Å². The Labute approximate surface area is 112 Å². The van der Waals surface area contributed by atoms with Crippen molar-refractivity contribution in [2.45, 2.75) is 12.2 Å². The molecule has 0 radical (unpaired) electrons. The van der Waals surface area contributed by atoms with E-state index in [9.17, 15) is 9.00 Å². The minimum absolute atomic E-state index is 0.102. The highest BCUT2D eigenvalue weighted by Gasteiger charge is 2.11. The monoisotopic (exact) mass is 294 g/mol. The third kappa shape index (κ3) is 4.26. The van der Waals surface area contributed by atoms with Crippen molar-refractivity contribution in [1.29, 1.82) is 0 Å². The summed E-state index contributed by atoms with van der Waals surface area (Å²) in [6, 6.07) is 1.44. The zero-order valence-electron chi connectivity index (χ0n) is 9.37. The molecule has 0 saturated carbocycles. The lowest BCUT2D eigenvalue weighted by Crippen LogP contribution is -2.32. The number of hydrogen-bond donors (Lipinski definition) is 1. The largest absolute Gasteiger partial charge is 0.351 e. The number of nitrogens with one attached hydrogen (secondary N) is 1. The van der Waals surface area contributed by atoms with Crippen molar-refractivity contribution >= 4 is 39.9 Å². The summed E-state index contributed by atoms with van der Waals surface area (Å²) in [7, 11) is -0.969. The number of pyridine rings is 1. The van der Waals surface area contributed by atoms with Gasteiger partial charge in [-0.3, -0.25) is 9.00 Å². The van der Waals surface area contributed by atoms with Gasteiger partial charge in [0.25, 0.3) is 5.91 Å². The maximum atomic E-state index is 11.7. The topological polar surface area (TPSA) is 59.1 Å². The summed E-state index contributed by atoms with van der Waals surface area (Å²) in [6.07, 6.45) is 2.94. The molecule has 0 fully saturated rings. The van der Waals surface area contributed by atoms with Crippen LogP contribution < -0.4 is 5.32 Å². The molecule has 1 amide bonds. The smallest absolute Gasteiger partial charge is 0.252 e. The van der Waals surface area contributed by atoms with Crippen molar-refractivity contribution in [2.24, 2.45) is 0 Å². The van der Waals surface area contributed by atoms with Gasteiger partial charge in [-0.2, -0.15) is 0 Å². The van der Waals surface area contributed by atoms with Gasteiger partial charge in [0.2, 0.25) is 0 Å². The molecule has 2 unspecified atom stereocenters. The third-order valence-electron chi connectivity index (χ3n) is 2.18. The summed E-state index contributed by atoms with van der Waals surface area (Å²) in [5.41, 5.74) is 0.327. The van der Waals surface area contributed by atoms with Gasteiger partial charge in [-0.1, -0.05) is 23.2 Å². The van der Waals surface area contributed by atoms with Crippen LogP contribution in [-0.2, 0) is 10.8 Å². The second-order valence-electron chi connectivity index (χ2n) is 3.52. The van der Waals surface area contributed by atoms with Crippen LogP contribution >= 0.6 is 23.2 Å². The van der Waals surface area contributed by atoms with Crippen LogP contribution in [0.15, 0.2) is 12.3 Å². The highest BCUT2D eigenvalue weighted by Crippen LogP contribution is 2.19. The zero-order chi connectivity index (χ0) is 13.0. The molecule has 94 valence electrons. The fourth-order valence-corrected chi connectivity index (χ4v) is 1.59. The molecule has 1 N–H and O–H groups in total. The van der Waals surface area contributed by atoms with Gasteiger partial charge < -0.3 is 5.32 Å². The van der Waals surface area contributed by atoms with Crippen molar-refractivity contribution in [3.05, 3.63) is 28.0 Å². The lowest BCUT2D eigenvalue weighted by atomic mass is 10.2. The molecule has 0 aliphatic carbocycles. The highest BCUT2D eigenvalue weighted by atomic mass is 35.5. The minimum atomic E-state index is -0.969. The van der Waals surface area contributed by atoms with Gasteiger partial charge in [0.1, 0.15) is 5.15 Å². The van der Waals surface area contributed by atoms with E-state index >= 15 is 0 Å². The van der Waals surface area contributed by atoms with Crippen LogP contribution in [0.25, 0.3) is 0 Å². The van der Waals surface area contributed by atoms with Crippen LogP contribution in [0.4, 0.5) is 0 Å². The van der Waals surface area contributed by atoms with Gasteiger partial charge in [-0.15, -0.1) is 0 Å². The predicted molar refractivity (Wildman–Crippen MR) is 70.1 cm³/mol. The van der Waals surface area contributed by atoms with E-state index in [0.717, 1.165) is 0 Å². The highest BCUT2D eigenvalue weighted by molar-refractivity contribution is 7.84. The fourth-order valence-electron chi connectivity index (χ4n) is 1.00. The maximum absolute atomic E-state index is 11.7. The fraction of sp³-hybridized carbons (Fsp3) is 0.400. The Morgan fingerprint density at radius 3 is 2.76 bits per heavy atom. The molecule has 7 heteroatoms. The molecule has 0 aromatic carbocycles. The summed E-state index contributed by atoms with van der Waals surface area (Å²) in [5, 5.41) is 2.94. The Bertz CT molecular complexity index is 454. The van der Waals surface area contributed by atoms with Crippen LogP contribution in [0.3, 0.4) is 0 Å². The van der Waals surface area contributed by atoms with Gasteiger partial charge in [-0.25, -0.2) is 4.98 Å². The van der Waals surface area contributed by atoms with E-state index in [-0.39, 0.29) is 21.3 Å². The maximum Gasteiger partial charge on any atom is 0.252 e. The molecule has 1 aromatic heterocycles. The molecule has 4 nitrogen and oxygen atoms in total. The Balaban J connectivity index is 2.64. The van der Waals surface area contributed by atoms with Gasteiger partial charge in [0.05, 0.1) is 10.6 Å². The molecular weight excluding hydrogens is 283 g/mol. The Morgan fingerprint density at radius 1 is 1.59 bits per heavy atom. The van der Waals surface area contributed by atoms with E-state index in [0.29, 0.717) is 12.1 Å². The first kappa shape index (κ1) is 14.4. The third-order valence-corrected chi connectivity index (χ3v) is 4.16. The molecule has 0 aliphatic heterocycles. The van der Waals surface area contributed by atoms with E-state index in [2.05, 4.69) is 10.3 Å². The quantitative estimate of drug-likeness (QED) is 0.863. The van der Waals surface area contributed by atoms with Gasteiger partial charge in [-0.05, 0) is 13.0 Å². The number of amides is 1. The number of nitrogens with zero attached hydrogens (tertiary/aromatic N) is 1. The van der Waals surface area contributed by atoms with Crippen molar-refractivity contribution in [3.63, 3.8) is 0 Å². The van der Waals surface area contributed by atoms with Crippen LogP contribution in [0.1, 0.15) is 17.3 Å². The normalized spacial score (nSPS) is 14.1. The molecule has 0 aliphatic rings. The summed E-state index contributed by atoms with van der Waals surface area (Å²) in [4.78, 5) is 15.5. The standard InChI is InChI=1S/C10H12Cl2N2O2S/c1-6(17(2)16)4-14-10(15)7-3-8(11)9(12)13-5-7/h3,5-6H,4H2,1-2H3,(H,14,15). The van der Waals surface area contributed by atoms with Gasteiger partial charge in [0, 0.05) is 35.0 Å². The summed E-state index contributed by atoms with van der Waals surface area (Å²) in [5.74, 6) is -0.312. The van der Waals surface area contributed by atoms with E-state index in [4.69, 9.17) is 23.2 Å². The number of halogens is 2. The number of carbonyl (C=O) groups is 1. The molecule has 0 bridgehead atoms. The van der Waals surface area contributed by atoms with Crippen LogP contribution in [0.2, 0.25) is 10.2 Å². The Hall–Kier alpha value is -0.650. The van der Waals surface area contributed by atoms with E-state index in [1.165, 1.54) is 12.3 Å². The number of rotatable bonds is 4. The molecular formula is C10H12Cl2N2O2S. The molecule has 1 rings (SSSR count). The average molecular weight is 295 g/mol. The summed E-state index contributed by atoms with van der Waals surface area (Å²) >= 11 is 11.4. The van der Waals surface area contributed by atoms with Crippen LogP contribution in [0, 0.1) is 0 Å². The summed E-state index contributed by atoms with van der Waals surface area (Å²) in [6.45, 7) is 2.13. The van der Waals surface area contributed by atoms with Crippen molar-refractivity contribution in [2.75, 3.05) is 12.8 Å². The molecule has 0 spiro atoms. The average Bonchev–Trinajstić information content (AvgIpc) is 2.28. The second kappa shape index (κ2) is 6.33. The van der Waals surface area contributed by atoms with Crippen molar-refractivity contribution in [3.8, 4) is 0 Å². The first-order valence-corrected chi connectivity index (χ1v) is 7.21. The SMILES string of the molecule is CC(CNC(=O)c1cnc(Cl)c(Cl)c1)S(C)=O. The van der Waals surface area contributed by atoms with Gasteiger partial charge >= 0.3 is 0 Å². The summed E-state index contributed by atoms with van der Waals surface area (Å²) < 4.78 is 11.1. The lowest BCUT2D eigenvalue weighted by Gasteiger charge is -2.10. The number of aromatic nitrogens is 1. The van der Waals surface area contributed by atoms with Crippen LogP contribution in [0.5, 0.6) is 0 Å². The van der Waals surface area contributed by atoms with E-state index in [1.54, 1.807) is 13.2 Å². The number of carbonyl (C=O) groups excluding carboxylic acids is 1. The first-order chi connectivity index (χ1) is 7.91. The molecule has 17 heavy (non-hydrogen) atoms. The molecule has 0 saturated heterocycles. The molecule has 1 aromatic rings. The van der Waals surface area contributed by atoms with Crippen molar-refractivity contribution in [1.82, 2.24) is 10.3 Å². The Kier molecular flexibility index (Phi) is 5.36. The van der Waals surface area contributed by atoms with E-state index < -0.39 is 10.8 Å². The van der Waals surface area contributed by atoms with E-state index in [1.807, 2.05) is 0 Å². The second-order valence-corrected chi connectivity index (χ2v) is 6.08. The molecule has 2 atom stereocenters. The number of hydrogen-bond acceptors (Lipinski definition) is 3. The van der Waals surface area contributed by atoms with Crippen LogP contribution in [-0.4, -0.2) is 33.2 Å². The Morgan fingerprint density at radius 2 is 2.24 bits per heavy atom. The minimum Gasteiger partial charge on any atom is -0.351 e. The lowest BCUT2D eigenvalue weighted by molar-refractivity contribution is 0.0953.